The zero-order valence-electron chi connectivity index (χ0n) is 14.6. The van der Waals surface area contributed by atoms with Gasteiger partial charge >= 0.3 is 0 Å². The van der Waals surface area contributed by atoms with Crippen LogP contribution in [0.15, 0.2) is 59.7 Å². The summed E-state index contributed by atoms with van der Waals surface area (Å²) in [5.41, 5.74) is 2.51. The summed E-state index contributed by atoms with van der Waals surface area (Å²) in [7, 11) is 1.85. The monoisotopic (exact) mass is 351 g/mol. The summed E-state index contributed by atoms with van der Waals surface area (Å²) in [5.74, 6) is -0.0545. The molecule has 1 N–H and O–H groups in total. The third-order valence-corrected chi connectivity index (χ3v) is 3.98. The molecule has 3 rings (SSSR count). The summed E-state index contributed by atoms with van der Waals surface area (Å²) in [6.07, 6.45) is 4.68. The molecule has 0 saturated carbocycles. The highest BCUT2D eigenvalue weighted by molar-refractivity contribution is 5.76. The molecule has 0 aliphatic carbocycles. The number of hydrogen-bond acceptors (Lipinski definition) is 4. The molecule has 0 spiro atoms. The van der Waals surface area contributed by atoms with Crippen molar-refractivity contribution in [1.82, 2.24) is 24.9 Å². The van der Waals surface area contributed by atoms with Crippen molar-refractivity contribution in [3.05, 3.63) is 70.8 Å². The summed E-state index contributed by atoms with van der Waals surface area (Å²) in [6.45, 7) is 0.690. The third-order valence-electron chi connectivity index (χ3n) is 3.98. The van der Waals surface area contributed by atoms with Gasteiger partial charge in [0.25, 0.3) is 5.56 Å². The Labute approximate surface area is 151 Å². The molecule has 2 aromatic heterocycles. The van der Waals surface area contributed by atoms with Crippen LogP contribution >= 0.6 is 0 Å². The minimum absolute atomic E-state index is 0.0545. The second-order valence-electron chi connectivity index (χ2n) is 6.02. The maximum absolute atomic E-state index is 12.0. The third kappa shape index (κ3) is 4.66. The summed E-state index contributed by atoms with van der Waals surface area (Å²) in [5, 5.41) is 11.3. The molecule has 0 unspecified atom stereocenters. The lowest BCUT2D eigenvalue weighted by atomic mass is 10.1. The van der Waals surface area contributed by atoms with Gasteiger partial charge in [0.15, 0.2) is 0 Å². The molecule has 0 saturated heterocycles. The average molecular weight is 351 g/mol. The standard InChI is InChI=1S/C19H21N5O2/c1-23-14-15(13-21-23)7-9-18(25)20-11-12-24-19(26)10-8-17(22-24)16-5-3-2-4-6-16/h2-6,8,10,13-14H,7,9,11-12H2,1H3,(H,20,25). The zero-order chi connectivity index (χ0) is 18.4. The van der Waals surface area contributed by atoms with Crippen molar-refractivity contribution in [3.8, 4) is 11.3 Å². The first-order chi connectivity index (χ1) is 12.6. The highest BCUT2D eigenvalue weighted by Crippen LogP contribution is 2.13. The lowest BCUT2D eigenvalue weighted by molar-refractivity contribution is -0.121. The van der Waals surface area contributed by atoms with Gasteiger partial charge in [-0.25, -0.2) is 4.68 Å². The number of carbonyl (C=O) groups excluding carboxylic acids is 1. The van der Waals surface area contributed by atoms with Gasteiger partial charge < -0.3 is 5.32 Å². The molecule has 2 heterocycles. The van der Waals surface area contributed by atoms with E-state index in [-0.39, 0.29) is 11.5 Å². The van der Waals surface area contributed by atoms with Gasteiger partial charge in [0.2, 0.25) is 5.91 Å². The average Bonchev–Trinajstić information content (AvgIpc) is 3.07. The SMILES string of the molecule is Cn1cc(CCC(=O)NCCn2nc(-c3ccccc3)ccc2=O)cn1. The lowest BCUT2D eigenvalue weighted by Gasteiger charge is -2.08. The molecule has 134 valence electrons. The van der Waals surface area contributed by atoms with Gasteiger partial charge in [0.1, 0.15) is 0 Å². The van der Waals surface area contributed by atoms with Gasteiger partial charge in [0, 0.05) is 37.8 Å². The number of hydrogen-bond donors (Lipinski definition) is 1. The Morgan fingerprint density at radius 2 is 1.96 bits per heavy atom. The Morgan fingerprint density at radius 3 is 2.69 bits per heavy atom. The fourth-order valence-corrected chi connectivity index (χ4v) is 2.62. The maximum Gasteiger partial charge on any atom is 0.266 e. The Kier molecular flexibility index (Phi) is 5.58. The minimum atomic E-state index is -0.186. The van der Waals surface area contributed by atoms with Gasteiger partial charge in [0.05, 0.1) is 18.4 Å². The van der Waals surface area contributed by atoms with Crippen molar-refractivity contribution in [2.45, 2.75) is 19.4 Å². The van der Waals surface area contributed by atoms with Crippen molar-refractivity contribution >= 4 is 5.91 Å². The van der Waals surface area contributed by atoms with E-state index < -0.39 is 0 Å². The molecule has 1 aromatic carbocycles. The minimum Gasteiger partial charge on any atom is -0.354 e. The van der Waals surface area contributed by atoms with Gasteiger partial charge in [-0.2, -0.15) is 10.2 Å². The quantitative estimate of drug-likeness (QED) is 0.697. The Balaban J connectivity index is 1.52. The van der Waals surface area contributed by atoms with E-state index in [0.29, 0.717) is 25.9 Å². The van der Waals surface area contributed by atoms with E-state index in [4.69, 9.17) is 0 Å². The topological polar surface area (TPSA) is 81.8 Å². The number of benzene rings is 1. The molecule has 0 atom stereocenters. The van der Waals surface area contributed by atoms with Gasteiger partial charge in [-0.1, -0.05) is 30.3 Å². The van der Waals surface area contributed by atoms with Gasteiger partial charge in [-0.05, 0) is 18.1 Å². The maximum atomic E-state index is 12.0. The van der Waals surface area contributed by atoms with E-state index in [2.05, 4.69) is 15.5 Å². The fourth-order valence-electron chi connectivity index (χ4n) is 2.62. The zero-order valence-corrected chi connectivity index (χ0v) is 14.6. The molecule has 7 nitrogen and oxygen atoms in total. The van der Waals surface area contributed by atoms with Crippen LogP contribution in [0, 0.1) is 0 Å². The smallest absolute Gasteiger partial charge is 0.266 e. The summed E-state index contributed by atoms with van der Waals surface area (Å²) >= 11 is 0. The van der Waals surface area contributed by atoms with E-state index in [1.165, 1.54) is 10.7 Å². The van der Waals surface area contributed by atoms with E-state index in [1.54, 1.807) is 16.9 Å². The summed E-state index contributed by atoms with van der Waals surface area (Å²) in [6, 6.07) is 12.9. The molecular weight excluding hydrogens is 330 g/mol. The summed E-state index contributed by atoms with van der Waals surface area (Å²) in [4.78, 5) is 23.9. The fraction of sp³-hybridized carbons (Fsp3) is 0.263. The number of amides is 1. The molecule has 1 amide bonds. The van der Waals surface area contributed by atoms with Crippen molar-refractivity contribution in [1.29, 1.82) is 0 Å². The van der Waals surface area contributed by atoms with Crippen LogP contribution in [0.5, 0.6) is 0 Å². The largest absolute Gasteiger partial charge is 0.354 e. The van der Waals surface area contributed by atoms with E-state index in [0.717, 1.165) is 16.8 Å². The van der Waals surface area contributed by atoms with E-state index in [9.17, 15) is 9.59 Å². The molecule has 0 radical (unpaired) electrons. The first-order valence-electron chi connectivity index (χ1n) is 8.49. The number of nitrogens with one attached hydrogen (secondary N) is 1. The molecule has 0 fully saturated rings. The number of carbonyl (C=O) groups is 1. The van der Waals surface area contributed by atoms with Crippen LogP contribution in [0.3, 0.4) is 0 Å². The van der Waals surface area contributed by atoms with Crippen LogP contribution in [0.1, 0.15) is 12.0 Å². The van der Waals surface area contributed by atoms with Crippen LogP contribution < -0.4 is 10.9 Å². The van der Waals surface area contributed by atoms with Crippen LogP contribution in [-0.4, -0.2) is 32.0 Å². The molecule has 0 aliphatic rings. The highest BCUT2D eigenvalue weighted by Gasteiger charge is 2.06. The number of aromatic nitrogens is 4. The van der Waals surface area contributed by atoms with Gasteiger partial charge in [-0.15, -0.1) is 0 Å². The second kappa shape index (κ2) is 8.24. The normalized spacial score (nSPS) is 10.7. The molecule has 26 heavy (non-hydrogen) atoms. The van der Waals surface area contributed by atoms with Crippen molar-refractivity contribution in [2.24, 2.45) is 7.05 Å². The van der Waals surface area contributed by atoms with Crippen molar-refractivity contribution in [2.75, 3.05) is 6.54 Å². The molecule has 0 aliphatic heterocycles. The Morgan fingerprint density at radius 1 is 1.15 bits per heavy atom. The van der Waals surface area contributed by atoms with Crippen molar-refractivity contribution in [3.63, 3.8) is 0 Å². The van der Waals surface area contributed by atoms with Crippen LogP contribution in [0.25, 0.3) is 11.3 Å². The lowest BCUT2D eigenvalue weighted by Crippen LogP contribution is -2.32. The Hall–Kier alpha value is -3.22. The predicted octanol–water partition coefficient (Wildman–Crippen LogP) is 1.39. The number of nitrogens with zero attached hydrogens (tertiary/aromatic N) is 4. The van der Waals surface area contributed by atoms with Crippen LogP contribution in [0.2, 0.25) is 0 Å². The molecule has 0 bridgehead atoms. The summed E-state index contributed by atoms with van der Waals surface area (Å²) < 4.78 is 3.09. The molecular formula is C19H21N5O2. The molecule has 7 heteroatoms. The Bertz CT molecular complexity index is 930. The van der Waals surface area contributed by atoms with E-state index in [1.807, 2.05) is 43.6 Å². The first kappa shape index (κ1) is 17.6. The van der Waals surface area contributed by atoms with E-state index >= 15 is 0 Å². The first-order valence-corrected chi connectivity index (χ1v) is 8.49. The van der Waals surface area contributed by atoms with Gasteiger partial charge in [-0.3, -0.25) is 14.3 Å². The number of aryl methyl sites for hydroxylation is 2. The predicted molar refractivity (Wildman–Crippen MR) is 98.5 cm³/mol. The van der Waals surface area contributed by atoms with Crippen LogP contribution in [-0.2, 0) is 24.8 Å². The second-order valence-corrected chi connectivity index (χ2v) is 6.02. The van der Waals surface area contributed by atoms with Crippen molar-refractivity contribution < 1.29 is 4.79 Å². The highest BCUT2D eigenvalue weighted by atomic mass is 16.1. The van der Waals surface area contributed by atoms with Crippen LogP contribution in [0.4, 0.5) is 0 Å². The molecule has 3 aromatic rings. The number of rotatable bonds is 7.